The molecular formula is C22H30N2O3. The normalized spacial score (nSPS) is 17.0. The molecule has 2 unspecified atom stereocenters. The van der Waals surface area contributed by atoms with Gasteiger partial charge in [-0.15, -0.1) is 0 Å². The van der Waals surface area contributed by atoms with E-state index in [9.17, 15) is 15.0 Å². The van der Waals surface area contributed by atoms with E-state index in [1.54, 1.807) is 19.1 Å². The van der Waals surface area contributed by atoms with Crippen LogP contribution in [0, 0.1) is 0 Å². The minimum absolute atomic E-state index is 0.349. The standard InChI is InChI=1S/C22H30N2O3/c1-3-17-9-8-10-18(13-17)14-23-15-20(25)16(2)24-22(27)21(26)19-11-6-4-5-7-12-19/h4-11,13,16,20-21,23,25-26H,3,12,14-15H2,1-2H3,(H,24,27)/t16-,20?,21?/m0/s1. The maximum atomic E-state index is 12.3. The summed E-state index contributed by atoms with van der Waals surface area (Å²) in [5, 5.41) is 26.4. The summed E-state index contributed by atoms with van der Waals surface area (Å²) in [6.07, 6.45) is 8.72. The summed E-state index contributed by atoms with van der Waals surface area (Å²) >= 11 is 0. The van der Waals surface area contributed by atoms with Crippen molar-refractivity contribution in [3.8, 4) is 0 Å². The number of benzene rings is 1. The molecule has 1 aromatic rings. The predicted molar refractivity (Wildman–Crippen MR) is 108 cm³/mol. The molecular weight excluding hydrogens is 340 g/mol. The SMILES string of the molecule is CCc1cccc(CNCC(O)[C@H](C)NC(=O)C(O)C2=CC=CC=CC2)c1. The molecule has 0 aromatic heterocycles. The number of carbonyl (C=O) groups excluding carboxylic acids is 1. The fourth-order valence-corrected chi connectivity index (χ4v) is 2.87. The second-order valence-electron chi connectivity index (χ2n) is 6.83. The average molecular weight is 370 g/mol. The Morgan fingerprint density at radius 2 is 1.96 bits per heavy atom. The predicted octanol–water partition coefficient (Wildman–Crippen LogP) is 2.01. The Bertz CT molecular complexity index is 709. The lowest BCUT2D eigenvalue weighted by Gasteiger charge is -2.23. The van der Waals surface area contributed by atoms with Crippen molar-refractivity contribution < 1.29 is 15.0 Å². The van der Waals surface area contributed by atoms with Crippen molar-refractivity contribution in [1.82, 2.24) is 10.6 Å². The molecule has 0 bridgehead atoms. The number of aliphatic hydroxyl groups excluding tert-OH is 2. The first-order valence-electron chi connectivity index (χ1n) is 9.48. The van der Waals surface area contributed by atoms with Crippen molar-refractivity contribution in [1.29, 1.82) is 0 Å². The van der Waals surface area contributed by atoms with Gasteiger partial charge in [-0.3, -0.25) is 4.79 Å². The summed E-state index contributed by atoms with van der Waals surface area (Å²) in [5.74, 6) is -0.493. The van der Waals surface area contributed by atoms with Gasteiger partial charge in [0.2, 0.25) is 0 Å². The summed E-state index contributed by atoms with van der Waals surface area (Å²) in [6, 6.07) is 7.84. The Kier molecular flexibility index (Phi) is 8.45. The van der Waals surface area contributed by atoms with Gasteiger partial charge in [-0.1, -0.05) is 61.6 Å². The molecule has 5 heteroatoms. The van der Waals surface area contributed by atoms with E-state index >= 15 is 0 Å². The minimum Gasteiger partial charge on any atom is -0.390 e. The molecule has 0 heterocycles. The third kappa shape index (κ3) is 6.79. The number of allylic oxidation sites excluding steroid dienone is 5. The Hall–Kier alpha value is -2.21. The number of nitrogens with one attached hydrogen (secondary N) is 2. The van der Waals surface area contributed by atoms with Gasteiger partial charge in [-0.25, -0.2) is 0 Å². The molecule has 0 radical (unpaired) electrons. The van der Waals surface area contributed by atoms with Crippen LogP contribution in [0.1, 0.15) is 31.4 Å². The van der Waals surface area contributed by atoms with Crippen molar-refractivity contribution in [3.63, 3.8) is 0 Å². The first-order valence-corrected chi connectivity index (χ1v) is 9.48. The quantitative estimate of drug-likeness (QED) is 0.536. The molecule has 1 aromatic carbocycles. The van der Waals surface area contributed by atoms with E-state index in [0.29, 0.717) is 25.1 Å². The lowest BCUT2D eigenvalue weighted by atomic mass is 10.0. The topological polar surface area (TPSA) is 81.6 Å². The van der Waals surface area contributed by atoms with Crippen molar-refractivity contribution in [2.24, 2.45) is 0 Å². The first-order chi connectivity index (χ1) is 13.0. The van der Waals surface area contributed by atoms with Gasteiger partial charge in [0, 0.05) is 13.1 Å². The fraction of sp³-hybridized carbons (Fsp3) is 0.409. The van der Waals surface area contributed by atoms with E-state index in [4.69, 9.17) is 0 Å². The number of rotatable bonds is 9. The zero-order valence-electron chi connectivity index (χ0n) is 16.1. The van der Waals surface area contributed by atoms with Crippen LogP contribution in [0.25, 0.3) is 0 Å². The van der Waals surface area contributed by atoms with Crippen LogP contribution in [0.3, 0.4) is 0 Å². The Morgan fingerprint density at radius 1 is 1.19 bits per heavy atom. The molecule has 0 spiro atoms. The molecule has 0 saturated heterocycles. The second-order valence-corrected chi connectivity index (χ2v) is 6.83. The highest BCUT2D eigenvalue weighted by Gasteiger charge is 2.23. The van der Waals surface area contributed by atoms with Crippen LogP contribution in [0.5, 0.6) is 0 Å². The van der Waals surface area contributed by atoms with Crippen LogP contribution in [0.15, 0.2) is 60.2 Å². The average Bonchev–Trinajstić information content (AvgIpc) is 2.96. The number of aryl methyl sites for hydroxylation is 1. The van der Waals surface area contributed by atoms with Gasteiger partial charge in [0.15, 0.2) is 6.10 Å². The summed E-state index contributed by atoms with van der Waals surface area (Å²) in [6.45, 7) is 4.85. The Balaban J connectivity index is 1.77. The third-order valence-corrected chi connectivity index (χ3v) is 4.65. The van der Waals surface area contributed by atoms with Gasteiger partial charge in [0.05, 0.1) is 12.1 Å². The number of amides is 1. The first kappa shape index (κ1) is 21.1. The van der Waals surface area contributed by atoms with E-state index in [2.05, 4.69) is 29.7 Å². The maximum Gasteiger partial charge on any atom is 0.253 e. The van der Waals surface area contributed by atoms with Gasteiger partial charge in [-0.2, -0.15) is 0 Å². The van der Waals surface area contributed by atoms with Gasteiger partial charge >= 0.3 is 0 Å². The molecule has 5 nitrogen and oxygen atoms in total. The van der Waals surface area contributed by atoms with E-state index in [1.165, 1.54) is 5.56 Å². The number of carbonyl (C=O) groups is 1. The van der Waals surface area contributed by atoms with E-state index in [-0.39, 0.29) is 0 Å². The molecule has 27 heavy (non-hydrogen) atoms. The van der Waals surface area contributed by atoms with Gasteiger partial charge in [-0.05, 0) is 36.5 Å². The minimum atomic E-state index is -1.21. The zero-order valence-corrected chi connectivity index (χ0v) is 16.1. The number of aliphatic hydroxyl groups is 2. The van der Waals surface area contributed by atoms with E-state index < -0.39 is 24.2 Å². The highest BCUT2D eigenvalue weighted by molar-refractivity contribution is 5.84. The lowest BCUT2D eigenvalue weighted by molar-refractivity contribution is -0.129. The van der Waals surface area contributed by atoms with Gasteiger partial charge in [0.1, 0.15) is 0 Å². The van der Waals surface area contributed by atoms with E-state index in [0.717, 1.165) is 12.0 Å². The fourth-order valence-electron chi connectivity index (χ4n) is 2.87. The van der Waals surface area contributed by atoms with Gasteiger partial charge < -0.3 is 20.8 Å². The zero-order chi connectivity index (χ0) is 19.6. The van der Waals surface area contributed by atoms with Crippen LogP contribution in [0.4, 0.5) is 0 Å². The second kappa shape index (κ2) is 10.8. The molecule has 1 aliphatic carbocycles. The van der Waals surface area contributed by atoms with Crippen molar-refractivity contribution in [2.45, 2.75) is 51.5 Å². The highest BCUT2D eigenvalue weighted by atomic mass is 16.3. The maximum absolute atomic E-state index is 12.3. The molecule has 3 atom stereocenters. The number of hydrogen-bond donors (Lipinski definition) is 4. The van der Waals surface area contributed by atoms with Crippen molar-refractivity contribution in [3.05, 3.63) is 71.3 Å². The largest absolute Gasteiger partial charge is 0.390 e. The Morgan fingerprint density at radius 3 is 2.74 bits per heavy atom. The molecule has 0 saturated carbocycles. The van der Waals surface area contributed by atoms with Crippen molar-refractivity contribution in [2.75, 3.05) is 6.54 Å². The summed E-state index contributed by atoms with van der Waals surface area (Å²) in [5.41, 5.74) is 3.07. The molecule has 2 rings (SSSR count). The smallest absolute Gasteiger partial charge is 0.253 e. The molecule has 0 fully saturated rings. The van der Waals surface area contributed by atoms with E-state index in [1.807, 2.05) is 30.4 Å². The monoisotopic (exact) mass is 370 g/mol. The van der Waals surface area contributed by atoms with Crippen molar-refractivity contribution >= 4 is 5.91 Å². The highest BCUT2D eigenvalue weighted by Crippen LogP contribution is 2.12. The molecule has 4 N–H and O–H groups in total. The summed E-state index contributed by atoms with van der Waals surface area (Å²) in [7, 11) is 0. The molecule has 146 valence electrons. The third-order valence-electron chi connectivity index (χ3n) is 4.65. The Labute approximate surface area is 161 Å². The van der Waals surface area contributed by atoms with Crippen LogP contribution < -0.4 is 10.6 Å². The molecule has 0 aliphatic heterocycles. The summed E-state index contributed by atoms with van der Waals surface area (Å²) in [4.78, 5) is 12.3. The van der Waals surface area contributed by atoms with Crippen LogP contribution >= 0.6 is 0 Å². The molecule has 1 aliphatic rings. The lowest BCUT2D eigenvalue weighted by Crippen LogP contribution is -2.48. The van der Waals surface area contributed by atoms with Gasteiger partial charge in [0.25, 0.3) is 5.91 Å². The number of hydrogen-bond acceptors (Lipinski definition) is 4. The van der Waals surface area contributed by atoms with Crippen LogP contribution in [-0.2, 0) is 17.8 Å². The summed E-state index contributed by atoms with van der Waals surface area (Å²) < 4.78 is 0. The molecule has 1 amide bonds. The van der Waals surface area contributed by atoms with Crippen LogP contribution in [0.2, 0.25) is 0 Å². The van der Waals surface area contributed by atoms with Crippen LogP contribution in [-0.4, -0.2) is 40.9 Å².